The lowest BCUT2D eigenvalue weighted by molar-refractivity contribution is -0.343. The van der Waals surface area contributed by atoms with Crippen molar-refractivity contribution in [1.82, 2.24) is 0 Å². The lowest BCUT2D eigenvalue weighted by Gasteiger charge is -2.27. The zero-order valence-corrected chi connectivity index (χ0v) is 7.79. The van der Waals surface area contributed by atoms with Gasteiger partial charge in [-0.25, -0.2) is 0 Å². The molecule has 88 valence electrons. The molecule has 0 heterocycles. The summed E-state index contributed by atoms with van der Waals surface area (Å²) < 4.78 is 71.9. The van der Waals surface area contributed by atoms with Crippen LogP contribution in [0.15, 0.2) is 0 Å². The minimum absolute atomic E-state index is 0.707. The molecule has 0 spiro atoms. The molecule has 0 fully saturated rings. The van der Waals surface area contributed by atoms with Gasteiger partial charge in [0.2, 0.25) is 0 Å². The van der Waals surface area contributed by atoms with Gasteiger partial charge < -0.3 is 5.11 Å². The van der Waals surface area contributed by atoms with Gasteiger partial charge in [-0.05, 0) is 5.92 Å². The van der Waals surface area contributed by atoms with Crippen LogP contribution in [0.5, 0.6) is 0 Å². The second-order valence-electron chi connectivity index (χ2n) is 3.13. The van der Waals surface area contributed by atoms with E-state index >= 15 is 0 Å². The molecule has 0 aliphatic heterocycles. The van der Waals surface area contributed by atoms with Gasteiger partial charge in [-0.2, -0.15) is 26.3 Å². The van der Waals surface area contributed by atoms with E-state index in [0.717, 1.165) is 5.92 Å². The summed E-state index contributed by atoms with van der Waals surface area (Å²) in [5.41, 5.74) is -4.95. The molecule has 0 bridgehead atoms. The largest absolute Gasteiger partial charge is 0.438 e. The molecule has 0 atom stereocenters. The van der Waals surface area contributed by atoms with E-state index < -0.39 is 23.9 Å². The summed E-state index contributed by atoms with van der Waals surface area (Å²) in [6.45, 7) is 2.61. The normalized spacial score (nSPS) is 13.7. The van der Waals surface area contributed by atoms with Gasteiger partial charge in [0.15, 0.2) is 0 Å². The second-order valence-corrected chi connectivity index (χ2v) is 3.13. The third-order valence-corrected chi connectivity index (χ3v) is 1.36. The van der Waals surface area contributed by atoms with Crippen LogP contribution in [0.2, 0.25) is 0 Å². The van der Waals surface area contributed by atoms with Crippen molar-refractivity contribution in [2.75, 3.05) is 0 Å². The summed E-state index contributed by atoms with van der Waals surface area (Å²) in [4.78, 5) is 0. The molecular weight excluding hydrogens is 226 g/mol. The Labute approximate surface area is 82.1 Å². The zero-order chi connectivity index (χ0) is 12.5. The maximum Gasteiger partial charge on any atom is 0.438 e. The predicted octanol–water partition coefficient (Wildman–Crippen LogP) is 2.50. The van der Waals surface area contributed by atoms with Crippen LogP contribution in [0, 0.1) is 17.8 Å². The van der Waals surface area contributed by atoms with Gasteiger partial charge in [0.05, 0.1) is 0 Å². The Bertz CT molecular complexity index is 262. The van der Waals surface area contributed by atoms with Gasteiger partial charge in [-0.1, -0.05) is 19.8 Å². The molecule has 1 nitrogen and oxygen atoms in total. The highest BCUT2D eigenvalue weighted by Crippen LogP contribution is 2.42. The standard InChI is InChI=1S/C8H8F6O/c1-5(2)3-4-6(15,7(9,10)11)8(12,13)14/h5,15H,1-2H3. The lowest BCUT2D eigenvalue weighted by Crippen LogP contribution is -2.55. The number of hydrogen-bond acceptors (Lipinski definition) is 1. The van der Waals surface area contributed by atoms with E-state index in [1.165, 1.54) is 13.8 Å². The highest BCUT2D eigenvalue weighted by molar-refractivity contribution is 5.21. The van der Waals surface area contributed by atoms with Crippen molar-refractivity contribution >= 4 is 0 Å². The Hall–Kier alpha value is -0.900. The van der Waals surface area contributed by atoms with Crippen molar-refractivity contribution in [1.29, 1.82) is 0 Å². The molecule has 0 aromatic carbocycles. The van der Waals surface area contributed by atoms with Crippen LogP contribution in [-0.4, -0.2) is 23.1 Å². The highest BCUT2D eigenvalue weighted by atomic mass is 19.4. The van der Waals surface area contributed by atoms with E-state index in [1.807, 2.05) is 0 Å². The van der Waals surface area contributed by atoms with E-state index in [1.54, 1.807) is 5.92 Å². The van der Waals surface area contributed by atoms with Crippen LogP contribution in [0.4, 0.5) is 26.3 Å². The highest BCUT2D eigenvalue weighted by Gasteiger charge is 2.70. The van der Waals surface area contributed by atoms with E-state index in [0.29, 0.717) is 0 Å². The Kier molecular flexibility index (Phi) is 3.69. The van der Waals surface area contributed by atoms with E-state index in [2.05, 4.69) is 0 Å². The van der Waals surface area contributed by atoms with Crippen LogP contribution in [0.3, 0.4) is 0 Å². The quantitative estimate of drug-likeness (QED) is 0.504. The first-order chi connectivity index (χ1) is 6.42. The Balaban J connectivity index is 5.38. The van der Waals surface area contributed by atoms with Crippen LogP contribution in [0.1, 0.15) is 13.8 Å². The van der Waals surface area contributed by atoms with Crippen LogP contribution >= 0.6 is 0 Å². The summed E-state index contributed by atoms with van der Waals surface area (Å²) >= 11 is 0. The van der Waals surface area contributed by atoms with Crippen molar-refractivity contribution < 1.29 is 31.4 Å². The number of alkyl halides is 6. The second kappa shape index (κ2) is 3.93. The molecule has 0 amide bonds. The molecule has 7 heteroatoms. The topological polar surface area (TPSA) is 20.2 Å². The number of rotatable bonds is 0. The van der Waals surface area contributed by atoms with Gasteiger partial charge in [0, 0.05) is 5.92 Å². The maximum absolute atomic E-state index is 12.0. The molecule has 1 N–H and O–H groups in total. The number of aliphatic hydroxyl groups is 1. The summed E-state index contributed by atoms with van der Waals surface area (Å²) in [5.74, 6) is 1.78. The monoisotopic (exact) mass is 234 g/mol. The van der Waals surface area contributed by atoms with Crippen LogP contribution in [-0.2, 0) is 0 Å². The third kappa shape index (κ3) is 3.02. The molecule has 0 aliphatic carbocycles. The fourth-order valence-corrected chi connectivity index (χ4v) is 0.551. The average Bonchev–Trinajstić information content (AvgIpc) is 1.95. The van der Waals surface area contributed by atoms with E-state index in [-0.39, 0.29) is 0 Å². The van der Waals surface area contributed by atoms with Crippen molar-refractivity contribution in [3.63, 3.8) is 0 Å². The van der Waals surface area contributed by atoms with Crippen LogP contribution in [0.25, 0.3) is 0 Å². The van der Waals surface area contributed by atoms with E-state index in [9.17, 15) is 26.3 Å². The Morgan fingerprint density at radius 2 is 1.27 bits per heavy atom. The molecule has 0 saturated heterocycles. The molecule has 0 rings (SSSR count). The molecule has 0 unspecified atom stereocenters. The average molecular weight is 234 g/mol. The summed E-state index contributed by atoms with van der Waals surface area (Å²) in [6, 6.07) is 0. The molecule has 0 saturated carbocycles. The first-order valence-corrected chi connectivity index (χ1v) is 3.80. The fourth-order valence-electron chi connectivity index (χ4n) is 0.551. The summed E-state index contributed by atoms with van der Waals surface area (Å²) in [5, 5.41) is 8.51. The van der Waals surface area contributed by atoms with E-state index in [4.69, 9.17) is 5.11 Å². The van der Waals surface area contributed by atoms with Crippen molar-refractivity contribution in [2.45, 2.75) is 31.8 Å². The lowest BCUT2D eigenvalue weighted by atomic mass is 10.0. The van der Waals surface area contributed by atoms with Gasteiger partial charge in [0.1, 0.15) is 0 Å². The molecule has 0 aromatic heterocycles. The molecule has 0 radical (unpaired) electrons. The third-order valence-electron chi connectivity index (χ3n) is 1.36. The van der Waals surface area contributed by atoms with Gasteiger partial charge >= 0.3 is 18.0 Å². The molecular formula is C8H8F6O. The number of halogens is 6. The first kappa shape index (κ1) is 14.1. The Morgan fingerprint density at radius 3 is 1.47 bits per heavy atom. The summed E-state index contributed by atoms with van der Waals surface area (Å²) in [6.07, 6.45) is -11.7. The maximum atomic E-state index is 12.0. The van der Waals surface area contributed by atoms with Crippen LogP contribution < -0.4 is 0 Å². The zero-order valence-electron chi connectivity index (χ0n) is 7.79. The van der Waals surface area contributed by atoms with Crippen molar-refractivity contribution in [3.05, 3.63) is 0 Å². The summed E-state index contributed by atoms with van der Waals surface area (Å²) in [7, 11) is 0. The minimum Gasteiger partial charge on any atom is -0.363 e. The smallest absolute Gasteiger partial charge is 0.363 e. The van der Waals surface area contributed by atoms with Gasteiger partial charge in [-0.15, -0.1) is 0 Å². The number of hydrogen-bond donors (Lipinski definition) is 1. The van der Waals surface area contributed by atoms with Gasteiger partial charge in [-0.3, -0.25) is 0 Å². The molecule has 0 aromatic rings. The predicted molar refractivity (Wildman–Crippen MR) is 39.7 cm³/mol. The molecule has 0 aliphatic rings. The van der Waals surface area contributed by atoms with Crippen molar-refractivity contribution in [3.8, 4) is 11.8 Å². The first-order valence-electron chi connectivity index (χ1n) is 3.80. The van der Waals surface area contributed by atoms with Gasteiger partial charge in [0.25, 0.3) is 0 Å². The SMILES string of the molecule is CC(C)C#CC(O)(C(F)(F)F)C(F)(F)F. The van der Waals surface area contributed by atoms with Crippen molar-refractivity contribution in [2.24, 2.45) is 5.92 Å². The fraction of sp³-hybridized carbons (Fsp3) is 0.750. The molecule has 15 heavy (non-hydrogen) atoms. The minimum atomic E-state index is -5.87. The Morgan fingerprint density at radius 1 is 0.933 bits per heavy atom.